The summed E-state index contributed by atoms with van der Waals surface area (Å²) in [5.41, 5.74) is 4.56. The second-order valence-corrected chi connectivity index (χ2v) is 12.1. The summed E-state index contributed by atoms with van der Waals surface area (Å²) in [5.74, 6) is -2.03. The van der Waals surface area contributed by atoms with Crippen LogP contribution in [-0.4, -0.2) is 90.1 Å². The number of carbonyl (C=O) groups is 3. The van der Waals surface area contributed by atoms with Gasteiger partial charge in [-0.15, -0.1) is 0 Å². The van der Waals surface area contributed by atoms with Crippen LogP contribution >= 0.6 is 0 Å². The van der Waals surface area contributed by atoms with E-state index in [9.17, 15) is 31.2 Å². The predicted molar refractivity (Wildman–Crippen MR) is 131 cm³/mol. The fourth-order valence-corrected chi connectivity index (χ4v) is 5.52. The summed E-state index contributed by atoms with van der Waals surface area (Å²) in [7, 11) is -4.57. The molecule has 0 radical (unpaired) electrons. The van der Waals surface area contributed by atoms with Crippen molar-refractivity contribution in [1.29, 1.82) is 0 Å². The van der Waals surface area contributed by atoms with E-state index in [1.54, 1.807) is 0 Å². The summed E-state index contributed by atoms with van der Waals surface area (Å²) < 4.78 is 57.0. The molecule has 3 N–H and O–H groups in total. The van der Waals surface area contributed by atoms with Gasteiger partial charge in [0.1, 0.15) is 0 Å². The van der Waals surface area contributed by atoms with Crippen molar-refractivity contribution in [2.24, 2.45) is 0 Å². The molecule has 0 bridgehead atoms. The molecule has 1 aliphatic heterocycles. The van der Waals surface area contributed by atoms with Crippen LogP contribution in [0.2, 0.25) is 0 Å². The van der Waals surface area contributed by atoms with Crippen molar-refractivity contribution in [3.63, 3.8) is 0 Å². The highest BCUT2D eigenvalue weighted by Crippen LogP contribution is 2.18. The first kappa shape index (κ1) is 28.2. The molecule has 0 aromatic heterocycles. The molecule has 0 spiro atoms. The Morgan fingerprint density at radius 3 is 1.86 bits per heavy atom. The van der Waals surface area contributed by atoms with Gasteiger partial charge in [-0.05, 0) is 48.5 Å². The van der Waals surface area contributed by atoms with Crippen molar-refractivity contribution in [3.05, 3.63) is 59.7 Å². The van der Waals surface area contributed by atoms with Crippen molar-refractivity contribution >= 4 is 37.8 Å². The van der Waals surface area contributed by atoms with Crippen LogP contribution in [0.4, 0.5) is 0 Å². The Kier molecular flexibility index (Phi) is 8.98. The lowest BCUT2D eigenvalue weighted by molar-refractivity contribution is -0.120. The molecule has 1 aliphatic rings. The van der Waals surface area contributed by atoms with E-state index in [1.807, 2.05) is 0 Å². The highest BCUT2D eigenvalue weighted by molar-refractivity contribution is 7.89. The molecule has 2 aromatic carbocycles. The number of ether oxygens (including phenoxy) is 1. The number of benzene rings is 2. The van der Waals surface area contributed by atoms with Crippen LogP contribution < -0.4 is 16.2 Å². The van der Waals surface area contributed by atoms with Gasteiger partial charge in [0.15, 0.2) is 0 Å². The lowest BCUT2D eigenvalue weighted by Crippen LogP contribution is -2.46. The van der Waals surface area contributed by atoms with Gasteiger partial charge in [-0.2, -0.15) is 4.31 Å². The number of morpholine rings is 1. The van der Waals surface area contributed by atoms with Crippen LogP contribution in [0, 0.1) is 0 Å². The van der Waals surface area contributed by atoms with Crippen LogP contribution in [0.3, 0.4) is 0 Å². The highest BCUT2D eigenvalue weighted by atomic mass is 32.2. The van der Waals surface area contributed by atoms with E-state index >= 15 is 0 Å². The molecule has 1 fully saturated rings. The van der Waals surface area contributed by atoms with E-state index < -0.39 is 44.3 Å². The van der Waals surface area contributed by atoms with Gasteiger partial charge in [0.2, 0.25) is 20.0 Å². The summed E-state index contributed by atoms with van der Waals surface area (Å²) in [6.07, 6.45) is 0. The number of amides is 3. The molecule has 13 nitrogen and oxygen atoms in total. The standard InChI is InChI=1S/C22H27N5O8S2/c1-26(2)36(31,32)18-7-5-17(6-8-18)22(30)25-24-20(28)15-23-21(29)16-3-9-19(10-4-16)37(33,34)27-11-13-35-14-12-27/h3-10H,11-15H2,1-2H3,(H,23,29)(H,24,28)(H,25,30). The molecular weight excluding hydrogens is 526 g/mol. The van der Waals surface area contributed by atoms with Crippen molar-refractivity contribution in [1.82, 2.24) is 24.8 Å². The number of nitrogens with zero attached hydrogens (tertiary/aromatic N) is 2. The Labute approximate surface area is 214 Å². The zero-order valence-electron chi connectivity index (χ0n) is 20.1. The van der Waals surface area contributed by atoms with Gasteiger partial charge in [-0.3, -0.25) is 25.2 Å². The van der Waals surface area contributed by atoms with E-state index in [0.717, 1.165) is 4.31 Å². The minimum atomic E-state index is -3.70. The first-order chi connectivity index (χ1) is 17.4. The van der Waals surface area contributed by atoms with Gasteiger partial charge < -0.3 is 10.1 Å². The Bertz CT molecular complexity index is 1350. The van der Waals surface area contributed by atoms with Gasteiger partial charge in [0.05, 0.1) is 29.5 Å². The largest absolute Gasteiger partial charge is 0.379 e. The Morgan fingerprint density at radius 2 is 1.32 bits per heavy atom. The molecule has 3 amide bonds. The van der Waals surface area contributed by atoms with Gasteiger partial charge >= 0.3 is 0 Å². The zero-order chi connectivity index (χ0) is 27.2. The minimum Gasteiger partial charge on any atom is -0.379 e. The van der Waals surface area contributed by atoms with Crippen LogP contribution in [-0.2, 0) is 29.6 Å². The summed E-state index contributed by atoms with van der Waals surface area (Å²) in [6, 6.07) is 10.4. The number of sulfonamides is 2. The third kappa shape index (κ3) is 6.90. The molecule has 1 saturated heterocycles. The maximum atomic E-state index is 12.7. The van der Waals surface area contributed by atoms with Crippen molar-refractivity contribution < 1.29 is 36.0 Å². The molecule has 1 heterocycles. The number of hydrazine groups is 1. The lowest BCUT2D eigenvalue weighted by Gasteiger charge is -2.26. The third-order valence-electron chi connectivity index (χ3n) is 5.34. The molecule has 200 valence electrons. The van der Waals surface area contributed by atoms with Crippen molar-refractivity contribution in [2.45, 2.75) is 9.79 Å². The van der Waals surface area contributed by atoms with Gasteiger partial charge in [0.25, 0.3) is 17.7 Å². The molecule has 15 heteroatoms. The number of carbonyl (C=O) groups excluding carboxylic acids is 3. The lowest BCUT2D eigenvalue weighted by atomic mass is 10.2. The first-order valence-electron chi connectivity index (χ1n) is 11.0. The number of nitrogens with one attached hydrogen (secondary N) is 3. The second kappa shape index (κ2) is 11.8. The van der Waals surface area contributed by atoms with Crippen LogP contribution in [0.1, 0.15) is 20.7 Å². The van der Waals surface area contributed by atoms with Crippen LogP contribution in [0.15, 0.2) is 58.3 Å². The van der Waals surface area contributed by atoms with Gasteiger partial charge in [-0.1, -0.05) is 0 Å². The molecular formula is C22H27N5O8S2. The molecule has 3 rings (SSSR count). The van der Waals surface area contributed by atoms with Crippen molar-refractivity contribution in [2.75, 3.05) is 46.9 Å². The van der Waals surface area contributed by atoms with E-state index in [-0.39, 0.29) is 34.0 Å². The summed E-state index contributed by atoms with van der Waals surface area (Å²) >= 11 is 0. The van der Waals surface area contributed by atoms with E-state index in [0.29, 0.717) is 13.2 Å². The maximum absolute atomic E-state index is 12.7. The molecule has 0 saturated carbocycles. The Morgan fingerprint density at radius 1 is 0.811 bits per heavy atom. The predicted octanol–water partition coefficient (Wildman–Crippen LogP) is -0.851. The number of hydrogen-bond donors (Lipinski definition) is 3. The fraction of sp³-hybridized carbons (Fsp3) is 0.318. The number of hydrogen-bond acceptors (Lipinski definition) is 8. The van der Waals surface area contributed by atoms with E-state index in [1.165, 1.54) is 66.9 Å². The topological polar surface area (TPSA) is 171 Å². The maximum Gasteiger partial charge on any atom is 0.269 e. The van der Waals surface area contributed by atoms with Crippen LogP contribution in [0.5, 0.6) is 0 Å². The second-order valence-electron chi connectivity index (χ2n) is 8.04. The van der Waals surface area contributed by atoms with Gasteiger partial charge in [-0.25, -0.2) is 21.1 Å². The zero-order valence-corrected chi connectivity index (χ0v) is 21.8. The van der Waals surface area contributed by atoms with E-state index in [2.05, 4.69) is 16.2 Å². The average Bonchev–Trinajstić information content (AvgIpc) is 2.90. The summed E-state index contributed by atoms with van der Waals surface area (Å²) in [4.78, 5) is 36.6. The normalized spacial score (nSPS) is 14.7. The van der Waals surface area contributed by atoms with Gasteiger partial charge in [0, 0.05) is 38.3 Å². The molecule has 2 aromatic rings. The SMILES string of the molecule is CN(C)S(=O)(=O)c1ccc(C(=O)NNC(=O)CNC(=O)c2ccc(S(=O)(=O)N3CCOCC3)cc2)cc1. The third-order valence-corrected chi connectivity index (χ3v) is 9.09. The Balaban J connectivity index is 1.48. The molecule has 0 atom stereocenters. The summed E-state index contributed by atoms with van der Waals surface area (Å²) in [6.45, 7) is 0.665. The van der Waals surface area contributed by atoms with Crippen molar-refractivity contribution in [3.8, 4) is 0 Å². The quantitative estimate of drug-likeness (QED) is 0.355. The molecule has 0 unspecified atom stereocenters. The Hall–Kier alpha value is -3.37. The monoisotopic (exact) mass is 553 g/mol. The first-order valence-corrected chi connectivity index (χ1v) is 13.9. The average molecular weight is 554 g/mol. The molecule has 37 heavy (non-hydrogen) atoms. The minimum absolute atomic E-state index is 0.00697. The molecule has 0 aliphatic carbocycles. The fourth-order valence-electron chi connectivity index (χ4n) is 3.21. The summed E-state index contributed by atoms with van der Waals surface area (Å²) in [5, 5.41) is 2.37. The number of rotatable bonds is 8. The van der Waals surface area contributed by atoms with E-state index in [4.69, 9.17) is 4.74 Å². The smallest absolute Gasteiger partial charge is 0.269 e. The van der Waals surface area contributed by atoms with Crippen LogP contribution in [0.25, 0.3) is 0 Å². The highest BCUT2D eigenvalue weighted by Gasteiger charge is 2.26.